The number of hydrogen-bond donors (Lipinski definition) is 0. The van der Waals surface area contributed by atoms with Crippen LogP contribution < -0.4 is 0 Å². The van der Waals surface area contributed by atoms with Crippen molar-refractivity contribution in [3.8, 4) is 0 Å². The molecule has 0 aliphatic heterocycles. The van der Waals surface area contributed by atoms with Gasteiger partial charge in [0.05, 0.1) is 0 Å². The van der Waals surface area contributed by atoms with Crippen molar-refractivity contribution in [2.45, 2.75) is 29.4 Å². The number of benzene rings is 1. The Balaban J connectivity index is 2.75. The summed E-state index contributed by atoms with van der Waals surface area (Å²) < 4.78 is -0.600. The second kappa shape index (κ2) is 5.80. The third kappa shape index (κ3) is 3.72. The van der Waals surface area contributed by atoms with Crippen LogP contribution in [0.2, 0.25) is 0 Å². The zero-order chi connectivity index (χ0) is 11.3. The Morgan fingerprint density at radius 3 is 2.40 bits per heavy atom. The molecule has 0 amide bonds. The zero-order valence-electron chi connectivity index (χ0n) is 8.67. The Labute approximate surface area is 108 Å². The van der Waals surface area contributed by atoms with Gasteiger partial charge in [-0.1, -0.05) is 82.0 Å². The van der Waals surface area contributed by atoms with Crippen LogP contribution in [0.25, 0.3) is 0 Å². The summed E-state index contributed by atoms with van der Waals surface area (Å²) in [5.74, 6) is 0.0940. The van der Waals surface area contributed by atoms with Crippen LogP contribution >= 0.6 is 31.9 Å². The second-order valence-electron chi connectivity index (χ2n) is 3.50. The van der Waals surface area contributed by atoms with E-state index in [-0.39, 0.29) is 5.78 Å². The maximum atomic E-state index is 12.1. The quantitative estimate of drug-likeness (QED) is 0.571. The first-order chi connectivity index (χ1) is 7.08. The van der Waals surface area contributed by atoms with E-state index >= 15 is 0 Å². The maximum absolute atomic E-state index is 12.1. The van der Waals surface area contributed by atoms with Crippen LogP contribution in [0, 0.1) is 0 Å². The normalized spacial score (nSPS) is 11.4. The minimum atomic E-state index is -0.600. The molecule has 0 radical (unpaired) electrons. The van der Waals surface area contributed by atoms with Gasteiger partial charge in [-0.2, -0.15) is 0 Å². The van der Waals surface area contributed by atoms with Crippen molar-refractivity contribution in [1.29, 1.82) is 0 Å². The number of halogens is 2. The fraction of sp³-hybridized carbons (Fsp3) is 0.417. The SMILES string of the molecule is CCCCC(Br)(Br)C(=O)c1ccccc1. The molecule has 1 rings (SSSR count). The summed E-state index contributed by atoms with van der Waals surface area (Å²) in [6, 6.07) is 9.34. The molecular formula is C12H14Br2O. The highest BCUT2D eigenvalue weighted by molar-refractivity contribution is 9.25. The standard InChI is InChI=1S/C12H14Br2O/c1-2-3-9-12(13,14)11(15)10-7-5-4-6-8-10/h4-8H,2-3,9H2,1H3. The summed E-state index contributed by atoms with van der Waals surface area (Å²) in [5, 5.41) is 0. The van der Waals surface area contributed by atoms with Crippen molar-refractivity contribution < 1.29 is 4.79 Å². The predicted octanol–water partition coefficient (Wildman–Crippen LogP) is 4.55. The van der Waals surface area contributed by atoms with Gasteiger partial charge in [0.1, 0.15) is 3.23 Å². The average Bonchev–Trinajstić information content (AvgIpc) is 2.26. The molecule has 1 aromatic carbocycles. The molecule has 0 aromatic heterocycles. The van der Waals surface area contributed by atoms with Gasteiger partial charge in [0, 0.05) is 5.56 Å². The van der Waals surface area contributed by atoms with Crippen LogP contribution in [0.4, 0.5) is 0 Å². The molecule has 0 N–H and O–H groups in total. The molecule has 3 heteroatoms. The summed E-state index contributed by atoms with van der Waals surface area (Å²) >= 11 is 6.90. The van der Waals surface area contributed by atoms with Crippen LogP contribution in [0.3, 0.4) is 0 Å². The molecule has 82 valence electrons. The Kier molecular flexibility index (Phi) is 5.00. The molecule has 1 aromatic rings. The van der Waals surface area contributed by atoms with E-state index in [1.807, 2.05) is 30.3 Å². The van der Waals surface area contributed by atoms with Crippen LogP contribution in [-0.2, 0) is 0 Å². The Bertz CT molecular complexity index is 320. The highest BCUT2D eigenvalue weighted by atomic mass is 79.9. The molecule has 0 saturated heterocycles. The third-order valence-electron chi connectivity index (χ3n) is 2.21. The molecule has 0 aliphatic rings. The van der Waals surface area contributed by atoms with Gasteiger partial charge < -0.3 is 0 Å². The molecule has 0 unspecified atom stereocenters. The van der Waals surface area contributed by atoms with Crippen LogP contribution in [0.5, 0.6) is 0 Å². The monoisotopic (exact) mass is 332 g/mol. The summed E-state index contributed by atoms with van der Waals surface area (Å²) in [6.07, 6.45) is 2.91. The van der Waals surface area contributed by atoms with E-state index in [1.54, 1.807) is 0 Å². The van der Waals surface area contributed by atoms with Crippen molar-refractivity contribution >= 4 is 37.6 Å². The Morgan fingerprint density at radius 2 is 1.87 bits per heavy atom. The fourth-order valence-corrected chi connectivity index (χ4v) is 2.33. The first-order valence-corrected chi connectivity index (χ1v) is 6.64. The first-order valence-electron chi connectivity index (χ1n) is 5.05. The number of carbonyl (C=O) groups excluding carboxylic acids is 1. The van der Waals surface area contributed by atoms with Gasteiger partial charge in [-0.25, -0.2) is 0 Å². The highest BCUT2D eigenvalue weighted by Gasteiger charge is 2.31. The number of rotatable bonds is 5. The first kappa shape index (κ1) is 12.9. The van der Waals surface area contributed by atoms with Crippen molar-refractivity contribution in [1.82, 2.24) is 0 Å². The molecule has 0 spiro atoms. The lowest BCUT2D eigenvalue weighted by molar-refractivity contribution is 0.0979. The highest BCUT2D eigenvalue weighted by Crippen LogP contribution is 2.35. The zero-order valence-corrected chi connectivity index (χ0v) is 11.8. The molecule has 0 bridgehead atoms. The van der Waals surface area contributed by atoms with Crippen LogP contribution in [0.15, 0.2) is 30.3 Å². The third-order valence-corrected chi connectivity index (χ3v) is 3.73. The Morgan fingerprint density at radius 1 is 1.27 bits per heavy atom. The van der Waals surface area contributed by atoms with Gasteiger partial charge >= 0.3 is 0 Å². The van der Waals surface area contributed by atoms with Gasteiger partial charge in [-0.05, 0) is 6.42 Å². The minimum Gasteiger partial charge on any atom is -0.292 e. The lowest BCUT2D eigenvalue weighted by Crippen LogP contribution is -2.24. The van der Waals surface area contributed by atoms with Gasteiger partial charge in [-0.3, -0.25) is 4.79 Å². The summed E-state index contributed by atoms with van der Waals surface area (Å²) in [6.45, 7) is 2.11. The maximum Gasteiger partial charge on any atom is 0.190 e. The summed E-state index contributed by atoms with van der Waals surface area (Å²) in [4.78, 5) is 12.1. The molecule has 0 aliphatic carbocycles. The van der Waals surface area contributed by atoms with E-state index in [0.717, 1.165) is 24.8 Å². The lowest BCUT2D eigenvalue weighted by atomic mass is 10.0. The fourth-order valence-electron chi connectivity index (χ4n) is 1.31. The van der Waals surface area contributed by atoms with Crippen molar-refractivity contribution in [2.75, 3.05) is 0 Å². The van der Waals surface area contributed by atoms with Crippen molar-refractivity contribution in [3.63, 3.8) is 0 Å². The molecule has 0 saturated carbocycles. The number of hydrogen-bond acceptors (Lipinski definition) is 1. The molecule has 15 heavy (non-hydrogen) atoms. The smallest absolute Gasteiger partial charge is 0.190 e. The topological polar surface area (TPSA) is 17.1 Å². The molecular weight excluding hydrogens is 320 g/mol. The number of ketones is 1. The molecule has 1 nitrogen and oxygen atoms in total. The number of Topliss-reactive ketones (excluding diaryl/α,β-unsaturated/α-hetero) is 1. The van der Waals surface area contributed by atoms with E-state index in [4.69, 9.17) is 0 Å². The average molecular weight is 334 g/mol. The number of unbranched alkanes of at least 4 members (excludes halogenated alkanes) is 1. The van der Waals surface area contributed by atoms with E-state index in [1.165, 1.54) is 0 Å². The molecule has 0 fully saturated rings. The van der Waals surface area contributed by atoms with Gasteiger partial charge in [0.25, 0.3) is 0 Å². The van der Waals surface area contributed by atoms with E-state index < -0.39 is 3.23 Å². The van der Waals surface area contributed by atoms with Gasteiger partial charge in [0.15, 0.2) is 5.78 Å². The minimum absolute atomic E-state index is 0.0940. The molecule has 0 heterocycles. The molecule has 0 atom stereocenters. The predicted molar refractivity (Wildman–Crippen MR) is 70.9 cm³/mol. The second-order valence-corrected chi connectivity index (χ2v) is 7.27. The van der Waals surface area contributed by atoms with Crippen LogP contribution in [0.1, 0.15) is 36.5 Å². The van der Waals surface area contributed by atoms with Crippen molar-refractivity contribution in [2.24, 2.45) is 0 Å². The summed E-state index contributed by atoms with van der Waals surface area (Å²) in [5.41, 5.74) is 0.738. The van der Waals surface area contributed by atoms with E-state index in [2.05, 4.69) is 38.8 Å². The Hall–Kier alpha value is -0.150. The summed E-state index contributed by atoms with van der Waals surface area (Å²) in [7, 11) is 0. The number of alkyl halides is 2. The van der Waals surface area contributed by atoms with Crippen LogP contribution in [-0.4, -0.2) is 9.02 Å². The lowest BCUT2D eigenvalue weighted by Gasteiger charge is -2.18. The largest absolute Gasteiger partial charge is 0.292 e. The van der Waals surface area contributed by atoms with E-state index in [0.29, 0.717) is 0 Å². The van der Waals surface area contributed by atoms with Gasteiger partial charge in [-0.15, -0.1) is 0 Å². The number of carbonyl (C=O) groups is 1. The van der Waals surface area contributed by atoms with Crippen molar-refractivity contribution in [3.05, 3.63) is 35.9 Å². The van der Waals surface area contributed by atoms with E-state index in [9.17, 15) is 4.79 Å². The van der Waals surface area contributed by atoms with Gasteiger partial charge in [0.2, 0.25) is 0 Å².